The summed E-state index contributed by atoms with van der Waals surface area (Å²) in [4.78, 5) is 18.3. The Labute approximate surface area is 180 Å². The molecule has 2 heterocycles. The third-order valence-electron chi connectivity index (χ3n) is 5.82. The normalized spacial score (nSPS) is 14.7. The maximum absolute atomic E-state index is 13.1. The van der Waals surface area contributed by atoms with Crippen molar-refractivity contribution in [1.82, 2.24) is 9.88 Å². The second kappa shape index (κ2) is 8.48. The monoisotopic (exact) mass is 428 g/mol. The van der Waals surface area contributed by atoms with Gasteiger partial charge in [-0.15, -0.1) is 0 Å². The van der Waals surface area contributed by atoms with Crippen LogP contribution in [-0.4, -0.2) is 50.2 Å². The van der Waals surface area contributed by atoms with Crippen molar-refractivity contribution in [3.8, 4) is 17.2 Å². The minimum Gasteiger partial charge on any atom is -0.497 e. The van der Waals surface area contributed by atoms with Crippen LogP contribution in [0.2, 0.25) is 5.02 Å². The maximum Gasteiger partial charge on any atom is 0.254 e. The molecule has 0 saturated carbocycles. The summed E-state index contributed by atoms with van der Waals surface area (Å²) in [6.07, 6.45) is 3.88. The van der Waals surface area contributed by atoms with E-state index >= 15 is 0 Å². The number of ether oxygens (including phenoxy) is 3. The van der Waals surface area contributed by atoms with Crippen molar-refractivity contribution in [2.24, 2.45) is 0 Å². The minimum atomic E-state index is -0.0445. The summed E-state index contributed by atoms with van der Waals surface area (Å²) in [5.41, 5.74) is 2.89. The van der Waals surface area contributed by atoms with Gasteiger partial charge in [0.25, 0.3) is 5.91 Å². The molecule has 1 N–H and O–H groups in total. The first-order chi connectivity index (χ1) is 14.5. The van der Waals surface area contributed by atoms with Gasteiger partial charge in [-0.25, -0.2) is 0 Å². The summed E-state index contributed by atoms with van der Waals surface area (Å²) in [7, 11) is 4.73. The molecule has 0 spiro atoms. The van der Waals surface area contributed by atoms with Gasteiger partial charge in [0.05, 0.1) is 26.4 Å². The summed E-state index contributed by atoms with van der Waals surface area (Å²) in [6, 6.07) is 9.40. The molecular weight excluding hydrogens is 404 g/mol. The lowest BCUT2D eigenvalue weighted by molar-refractivity contribution is 0.0713. The second-order valence-corrected chi connectivity index (χ2v) is 7.82. The third kappa shape index (κ3) is 3.67. The van der Waals surface area contributed by atoms with Crippen molar-refractivity contribution in [2.45, 2.75) is 18.8 Å². The number of methoxy groups -OCH3 is 3. The first-order valence-corrected chi connectivity index (χ1v) is 10.3. The Hall–Kier alpha value is -2.86. The van der Waals surface area contributed by atoms with E-state index in [4.69, 9.17) is 25.8 Å². The zero-order valence-electron chi connectivity index (χ0n) is 17.3. The van der Waals surface area contributed by atoms with Gasteiger partial charge in [-0.05, 0) is 54.7 Å². The molecule has 158 valence electrons. The first kappa shape index (κ1) is 20.4. The number of carbonyl (C=O) groups is 1. The van der Waals surface area contributed by atoms with Gasteiger partial charge in [0, 0.05) is 35.8 Å². The number of fused-ring (bicyclic) bond motifs is 1. The molecule has 30 heavy (non-hydrogen) atoms. The summed E-state index contributed by atoms with van der Waals surface area (Å²) < 4.78 is 16.0. The highest BCUT2D eigenvalue weighted by Crippen LogP contribution is 2.38. The van der Waals surface area contributed by atoms with Crippen molar-refractivity contribution in [1.29, 1.82) is 0 Å². The zero-order chi connectivity index (χ0) is 21.3. The summed E-state index contributed by atoms with van der Waals surface area (Å²) in [6.45, 7) is 1.37. The smallest absolute Gasteiger partial charge is 0.254 e. The van der Waals surface area contributed by atoms with Crippen LogP contribution in [0.3, 0.4) is 0 Å². The number of aromatic nitrogens is 1. The number of carbonyl (C=O) groups excluding carboxylic acids is 1. The van der Waals surface area contributed by atoms with E-state index < -0.39 is 0 Å². The van der Waals surface area contributed by atoms with E-state index in [1.165, 1.54) is 25.2 Å². The molecule has 0 radical (unpaired) electrons. The van der Waals surface area contributed by atoms with Gasteiger partial charge < -0.3 is 24.1 Å². The number of H-pyrrole nitrogens is 1. The van der Waals surface area contributed by atoms with E-state index in [0.29, 0.717) is 41.1 Å². The van der Waals surface area contributed by atoms with E-state index in [1.54, 1.807) is 19.2 Å². The number of amides is 1. The standard InChI is InChI=1S/C23H25ClN2O4/c1-28-16-4-5-20-17(12-16)18(13-25-20)14-6-8-26(9-7-14)23(27)15-10-19(24)22(30-3)21(11-15)29-2/h4-5,10-14,25H,6-9H2,1-3H3. The SMILES string of the molecule is COc1ccc2[nH]cc(C3CCN(C(=O)c4cc(Cl)c(OC)c(OC)c4)CC3)c2c1. The van der Waals surface area contributed by atoms with Gasteiger partial charge in [0.1, 0.15) is 5.75 Å². The number of hydrogen-bond acceptors (Lipinski definition) is 4. The number of nitrogens with one attached hydrogen (secondary N) is 1. The summed E-state index contributed by atoms with van der Waals surface area (Å²) >= 11 is 6.28. The molecule has 1 aliphatic heterocycles. The Bertz CT molecular complexity index is 1070. The summed E-state index contributed by atoms with van der Waals surface area (Å²) in [5, 5.41) is 1.55. The van der Waals surface area contributed by atoms with Gasteiger partial charge in [-0.2, -0.15) is 0 Å². The van der Waals surface area contributed by atoms with Crippen LogP contribution in [0.15, 0.2) is 36.5 Å². The fourth-order valence-corrected chi connectivity index (χ4v) is 4.49. The predicted octanol–water partition coefficient (Wildman–Crippen LogP) is 4.87. The van der Waals surface area contributed by atoms with Gasteiger partial charge >= 0.3 is 0 Å². The average molecular weight is 429 g/mol. The molecule has 0 unspecified atom stereocenters. The second-order valence-electron chi connectivity index (χ2n) is 7.42. The molecule has 0 atom stereocenters. The predicted molar refractivity (Wildman–Crippen MR) is 117 cm³/mol. The molecule has 1 amide bonds. The number of likely N-dealkylation sites (tertiary alicyclic amines) is 1. The van der Waals surface area contributed by atoms with Crippen LogP contribution in [0.4, 0.5) is 0 Å². The van der Waals surface area contributed by atoms with Crippen molar-refractivity contribution in [3.05, 3.63) is 52.7 Å². The highest BCUT2D eigenvalue weighted by atomic mass is 35.5. The van der Waals surface area contributed by atoms with E-state index in [1.807, 2.05) is 17.0 Å². The molecular formula is C23H25ClN2O4. The van der Waals surface area contributed by atoms with Crippen molar-refractivity contribution in [2.75, 3.05) is 34.4 Å². The van der Waals surface area contributed by atoms with E-state index in [0.717, 1.165) is 24.1 Å². The van der Waals surface area contributed by atoms with Crippen LogP contribution in [0, 0.1) is 0 Å². The largest absolute Gasteiger partial charge is 0.497 e. The molecule has 0 aliphatic carbocycles. The number of halogens is 1. The Kier molecular flexibility index (Phi) is 5.77. The third-order valence-corrected chi connectivity index (χ3v) is 6.10. The highest BCUT2D eigenvalue weighted by molar-refractivity contribution is 6.32. The topological polar surface area (TPSA) is 63.8 Å². The fourth-order valence-electron chi connectivity index (χ4n) is 4.20. The molecule has 1 saturated heterocycles. The number of rotatable bonds is 5. The molecule has 1 aromatic heterocycles. The van der Waals surface area contributed by atoms with Crippen LogP contribution in [0.1, 0.15) is 34.7 Å². The summed E-state index contributed by atoms with van der Waals surface area (Å²) in [5.74, 6) is 2.09. The molecule has 0 bridgehead atoms. The van der Waals surface area contributed by atoms with E-state index in [2.05, 4.69) is 17.2 Å². The minimum absolute atomic E-state index is 0.0445. The first-order valence-electron chi connectivity index (χ1n) is 9.91. The van der Waals surface area contributed by atoms with Crippen LogP contribution < -0.4 is 14.2 Å². The number of piperidine rings is 1. The van der Waals surface area contributed by atoms with Crippen LogP contribution in [-0.2, 0) is 0 Å². The van der Waals surface area contributed by atoms with Gasteiger partial charge in [-0.3, -0.25) is 4.79 Å². The van der Waals surface area contributed by atoms with E-state index in [-0.39, 0.29) is 5.91 Å². The van der Waals surface area contributed by atoms with Crippen LogP contribution in [0.5, 0.6) is 17.2 Å². The van der Waals surface area contributed by atoms with Crippen molar-refractivity contribution >= 4 is 28.4 Å². The average Bonchev–Trinajstić information content (AvgIpc) is 3.21. The van der Waals surface area contributed by atoms with Gasteiger partial charge in [0.15, 0.2) is 11.5 Å². The van der Waals surface area contributed by atoms with Crippen molar-refractivity contribution < 1.29 is 19.0 Å². The molecule has 7 heteroatoms. The lowest BCUT2D eigenvalue weighted by Crippen LogP contribution is -2.37. The zero-order valence-corrected chi connectivity index (χ0v) is 18.1. The van der Waals surface area contributed by atoms with Crippen LogP contribution in [0.25, 0.3) is 10.9 Å². The fraction of sp³-hybridized carbons (Fsp3) is 0.348. The Balaban J connectivity index is 1.50. The number of nitrogens with zero attached hydrogens (tertiary/aromatic N) is 1. The van der Waals surface area contributed by atoms with Gasteiger partial charge in [0.2, 0.25) is 0 Å². The molecule has 4 rings (SSSR count). The molecule has 1 aliphatic rings. The number of benzene rings is 2. The van der Waals surface area contributed by atoms with E-state index in [9.17, 15) is 4.79 Å². The van der Waals surface area contributed by atoms with Crippen LogP contribution >= 0.6 is 11.6 Å². The Morgan fingerprint density at radius 3 is 2.50 bits per heavy atom. The van der Waals surface area contributed by atoms with Gasteiger partial charge in [-0.1, -0.05) is 11.6 Å². The number of hydrogen-bond donors (Lipinski definition) is 1. The maximum atomic E-state index is 13.1. The quantitative estimate of drug-likeness (QED) is 0.629. The Morgan fingerprint density at radius 1 is 1.07 bits per heavy atom. The molecule has 1 fully saturated rings. The Morgan fingerprint density at radius 2 is 1.83 bits per heavy atom. The van der Waals surface area contributed by atoms with Crippen molar-refractivity contribution in [3.63, 3.8) is 0 Å². The highest BCUT2D eigenvalue weighted by Gasteiger charge is 2.27. The lowest BCUT2D eigenvalue weighted by Gasteiger charge is -2.32. The molecule has 6 nitrogen and oxygen atoms in total. The molecule has 3 aromatic rings. The lowest BCUT2D eigenvalue weighted by atomic mass is 9.89. The number of aromatic amines is 1. The molecule has 2 aromatic carbocycles.